The van der Waals surface area contributed by atoms with Gasteiger partial charge in [-0.15, -0.1) is 11.3 Å². The summed E-state index contributed by atoms with van der Waals surface area (Å²) in [5, 5.41) is 12.4. The van der Waals surface area contributed by atoms with Crippen LogP contribution in [-0.2, 0) is 13.0 Å². The number of anilines is 2. The van der Waals surface area contributed by atoms with Crippen molar-refractivity contribution in [1.82, 2.24) is 10.3 Å². The molecule has 0 saturated heterocycles. The second-order valence-corrected chi connectivity index (χ2v) is 6.12. The van der Waals surface area contributed by atoms with Crippen molar-refractivity contribution in [2.45, 2.75) is 13.0 Å². The average molecular weight is 313 g/mol. The first kappa shape index (κ1) is 14.4. The molecule has 0 radical (unpaired) electrons. The van der Waals surface area contributed by atoms with Crippen molar-refractivity contribution in [3.05, 3.63) is 39.9 Å². The predicted octanol–water partition coefficient (Wildman–Crippen LogP) is 1.52. The highest BCUT2D eigenvalue weighted by molar-refractivity contribution is 7.16. The Labute approximate surface area is 132 Å². The molecule has 0 fully saturated rings. The third-order valence-electron chi connectivity index (χ3n) is 3.75. The summed E-state index contributed by atoms with van der Waals surface area (Å²) in [4.78, 5) is 19.5. The van der Waals surface area contributed by atoms with Gasteiger partial charge in [-0.2, -0.15) is 5.26 Å². The van der Waals surface area contributed by atoms with Crippen LogP contribution in [-0.4, -0.2) is 24.5 Å². The zero-order valence-electron chi connectivity index (χ0n) is 12.1. The van der Waals surface area contributed by atoms with Crippen molar-refractivity contribution in [1.29, 1.82) is 5.26 Å². The summed E-state index contributed by atoms with van der Waals surface area (Å²) in [6, 6.07) is 5.70. The summed E-state index contributed by atoms with van der Waals surface area (Å²) in [6.45, 7) is 1.33. The number of nitrogens with two attached hydrogens (primary N) is 1. The standard InChI is InChI=1S/C15H15N5OS/c1-18-15(21)10-3-2-5-19-14(10)20-6-4-9-11(7-16)13(17)22-12(9)8-20/h2-3,5H,4,6,8,17H2,1H3,(H,18,21). The molecule has 2 aromatic rings. The lowest BCUT2D eigenvalue weighted by atomic mass is 10.0. The molecule has 0 bridgehead atoms. The van der Waals surface area contributed by atoms with Gasteiger partial charge in [-0.3, -0.25) is 4.79 Å². The molecule has 0 aliphatic carbocycles. The molecule has 22 heavy (non-hydrogen) atoms. The molecule has 112 valence electrons. The van der Waals surface area contributed by atoms with E-state index in [1.165, 1.54) is 11.3 Å². The fourth-order valence-corrected chi connectivity index (χ4v) is 3.77. The highest BCUT2D eigenvalue weighted by Crippen LogP contribution is 2.36. The third kappa shape index (κ3) is 2.27. The number of carbonyl (C=O) groups is 1. The quantitative estimate of drug-likeness (QED) is 0.876. The zero-order chi connectivity index (χ0) is 15.7. The first-order chi connectivity index (χ1) is 10.7. The molecule has 0 saturated carbocycles. The lowest BCUT2D eigenvalue weighted by molar-refractivity contribution is 0.0963. The number of hydrogen-bond acceptors (Lipinski definition) is 6. The number of nitrogens with one attached hydrogen (secondary N) is 1. The van der Waals surface area contributed by atoms with Gasteiger partial charge in [0.25, 0.3) is 5.91 Å². The molecule has 7 heteroatoms. The maximum Gasteiger partial charge on any atom is 0.254 e. The minimum absolute atomic E-state index is 0.155. The van der Waals surface area contributed by atoms with E-state index in [1.807, 2.05) is 0 Å². The Morgan fingerprint density at radius 1 is 1.59 bits per heavy atom. The van der Waals surface area contributed by atoms with Crippen LogP contribution in [0.3, 0.4) is 0 Å². The van der Waals surface area contributed by atoms with Crippen LogP contribution < -0.4 is 16.0 Å². The van der Waals surface area contributed by atoms with E-state index in [9.17, 15) is 10.1 Å². The predicted molar refractivity (Wildman–Crippen MR) is 85.8 cm³/mol. The molecule has 0 aromatic carbocycles. The summed E-state index contributed by atoms with van der Waals surface area (Å²) in [6.07, 6.45) is 2.41. The van der Waals surface area contributed by atoms with Gasteiger partial charge in [0.15, 0.2) is 0 Å². The largest absolute Gasteiger partial charge is 0.389 e. The van der Waals surface area contributed by atoms with Crippen LogP contribution in [0.2, 0.25) is 0 Å². The lowest BCUT2D eigenvalue weighted by Gasteiger charge is -2.29. The van der Waals surface area contributed by atoms with Crippen LogP contribution in [0.1, 0.15) is 26.4 Å². The highest BCUT2D eigenvalue weighted by Gasteiger charge is 2.26. The minimum Gasteiger partial charge on any atom is -0.389 e. The minimum atomic E-state index is -0.155. The Kier molecular flexibility index (Phi) is 3.69. The van der Waals surface area contributed by atoms with E-state index < -0.39 is 0 Å². The molecule has 1 aliphatic heterocycles. The molecule has 0 unspecified atom stereocenters. The van der Waals surface area contributed by atoms with Gasteiger partial charge in [0, 0.05) is 24.7 Å². The number of nitrogens with zero attached hydrogens (tertiary/aromatic N) is 3. The second kappa shape index (κ2) is 5.66. The van der Waals surface area contributed by atoms with Gasteiger partial charge in [0.2, 0.25) is 0 Å². The number of hydrogen-bond donors (Lipinski definition) is 2. The Morgan fingerprint density at radius 3 is 3.14 bits per heavy atom. The smallest absolute Gasteiger partial charge is 0.254 e. The maximum atomic E-state index is 12.0. The van der Waals surface area contributed by atoms with Crippen LogP contribution in [0.5, 0.6) is 0 Å². The summed E-state index contributed by atoms with van der Waals surface area (Å²) in [5.74, 6) is 0.510. The van der Waals surface area contributed by atoms with Crippen molar-refractivity contribution in [2.24, 2.45) is 0 Å². The van der Waals surface area contributed by atoms with Gasteiger partial charge >= 0.3 is 0 Å². The number of pyridine rings is 1. The first-order valence-corrected chi connectivity index (χ1v) is 7.69. The number of rotatable bonds is 2. The molecule has 3 N–H and O–H groups in total. The number of fused-ring (bicyclic) bond motifs is 1. The van der Waals surface area contributed by atoms with Crippen LogP contribution >= 0.6 is 11.3 Å². The molecule has 3 heterocycles. The molecular weight excluding hydrogens is 298 g/mol. The Morgan fingerprint density at radius 2 is 2.41 bits per heavy atom. The van der Waals surface area contributed by atoms with Crippen molar-refractivity contribution in [2.75, 3.05) is 24.2 Å². The molecule has 1 aliphatic rings. The molecule has 1 amide bonds. The van der Waals surface area contributed by atoms with Crippen LogP contribution in [0, 0.1) is 11.3 Å². The molecular formula is C15H15N5OS. The zero-order valence-corrected chi connectivity index (χ0v) is 12.9. The fraction of sp³-hybridized carbons (Fsp3) is 0.267. The van der Waals surface area contributed by atoms with Gasteiger partial charge in [-0.1, -0.05) is 0 Å². The Hall–Kier alpha value is -2.59. The number of amides is 1. The summed E-state index contributed by atoms with van der Waals surface area (Å²) < 4.78 is 0. The molecule has 3 rings (SSSR count). The van der Waals surface area contributed by atoms with E-state index in [-0.39, 0.29) is 5.91 Å². The Bertz CT molecular complexity index is 777. The van der Waals surface area contributed by atoms with E-state index in [2.05, 4.69) is 21.3 Å². The second-order valence-electron chi connectivity index (χ2n) is 4.98. The monoisotopic (exact) mass is 313 g/mol. The van der Waals surface area contributed by atoms with Gasteiger partial charge < -0.3 is 16.0 Å². The van der Waals surface area contributed by atoms with E-state index >= 15 is 0 Å². The summed E-state index contributed by atoms with van der Waals surface area (Å²) >= 11 is 1.45. The average Bonchev–Trinajstić information content (AvgIpc) is 2.88. The van der Waals surface area contributed by atoms with Crippen LogP contribution in [0.25, 0.3) is 0 Å². The lowest BCUT2D eigenvalue weighted by Crippen LogP contribution is -2.33. The molecule has 6 nitrogen and oxygen atoms in total. The topological polar surface area (TPSA) is 95.0 Å². The third-order valence-corrected chi connectivity index (χ3v) is 4.80. The van der Waals surface area contributed by atoms with E-state index in [0.29, 0.717) is 35.0 Å². The van der Waals surface area contributed by atoms with Gasteiger partial charge in [0.05, 0.1) is 17.7 Å². The molecule has 2 aromatic heterocycles. The summed E-state index contributed by atoms with van der Waals surface area (Å²) in [7, 11) is 1.60. The normalized spacial score (nSPS) is 13.4. The van der Waals surface area contributed by atoms with Crippen molar-refractivity contribution >= 4 is 28.1 Å². The van der Waals surface area contributed by atoms with Gasteiger partial charge in [-0.25, -0.2) is 4.98 Å². The maximum absolute atomic E-state index is 12.0. The van der Waals surface area contributed by atoms with Crippen LogP contribution in [0.15, 0.2) is 18.3 Å². The van der Waals surface area contributed by atoms with E-state index in [1.54, 1.807) is 25.4 Å². The van der Waals surface area contributed by atoms with Crippen molar-refractivity contribution in [3.63, 3.8) is 0 Å². The van der Waals surface area contributed by atoms with Crippen molar-refractivity contribution < 1.29 is 4.79 Å². The number of nitriles is 1. The summed E-state index contributed by atoms with van der Waals surface area (Å²) in [5.41, 5.74) is 8.11. The molecule has 0 spiro atoms. The number of nitrogen functional groups attached to an aromatic ring is 1. The number of thiophene rings is 1. The van der Waals surface area contributed by atoms with Gasteiger partial charge in [-0.05, 0) is 24.1 Å². The van der Waals surface area contributed by atoms with Gasteiger partial charge in [0.1, 0.15) is 16.9 Å². The first-order valence-electron chi connectivity index (χ1n) is 6.87. The van der Waals surface area contributed by atoms with E-state index in [4.69, 9.17) is 5.73 Å². The van der Waals surface area contributed by atoms with Crippen LogP contribution in [0.4, 0.5) is 10.8 Å². The van der Waals surface area contributed by atoms with E-state index in [0.717, 1.165) is 16.9 Å². The Balaban J connectivity index is 1.96. The number of aromatic nitrogens is 1. The highest BCUT2D eigenvalue weighted by atomic mass is 32.1. The van der Waals surface area contributed by atoms with Crippen molar-refractivity contribution in [3.8, 4) is 6.07 Å². The number of carbonyl (C=O) groups excluding carboxylic acids is 1. The SMILES string of the molecule is CNC(=O)c1cccnc1N1CCc2c(sc(N)c2C#N)C1. The molecule has 0 atom stereocenters. The fourth-order valence-electron chi connectivity index (χ4n) is 2.69.